The molecule has 7 nitrogen and oxygen atoms in total. The second-order valence-corrected chi connectivity index (χ2v) is 10.9. The second kappa shape index (κ2) is 10.2. The molecule has 2 aliphatic rings. The third-order valence-electron chi connectivity index (χ3n) is 5.72. The Balaban J connectivity index is 1.57. The number of nitrogens with one attached hydrogen (secondary N) is 1. The van der Waals surface area contributed by atoms with Crippen LogP contribution < -0.4 is 5.32 Å². The molecule has 0 radical (unpaired) electrons. The molecule has 0 spiro atoms. The van der Waals surface area contributed by atoms with Gasteiger partial charge in [-0.3, -0.25) is 14.5 Å². The quantitative estimate of drug-likeness (QED) is 0.629. The highest BCUT2D eigenvalue weighted by atomic mass is 32.2. The average molecular weight is 508 g/mol. The van der Waals surface area contributed by atoms with Crippen LogP contribution in [-0.4, -0.2) is 41.6 Å². The van der Waals surface area contributed by atoms with Crippen molar-refractivity contribution in [2.75, 3.05) is 5.32 Å². The van der Waals surface area contributed by atoms with Gasteiger partial charge in [0.05, 0.1) is 4.90 Å². The van der Waals surface area contributed by atoms with Crippen LogP contribution in [0.3, 0.4) is 0 Å². The molecule has 0 bridgehead atoms. The van der Waals surface area contributed by atoms with E-state index in [1.54, 1.807) is 0 Å². The van der Waals surface area contributed by atoms with Gasteiger partial charge in [-0.2, -0.15) is 8.42 Å². The Morgan fingerprint density at radius 1 is 1.00 bits per heavy atom. The molecule has 2 amide bonds. The summed E-state index contributed by atoms with van der Waals surface area (Å²) in [6.07, 6.45) is 4.10. The smallest absolute Gasteiger partial charge is 0.284 e. The summed E-state index contributed by atoms with van der Waals surface area (Å²) in [5.74, 6) is -1.83. The lowest BCUT2D eigenvalue weighted by molar-refractivity contribution is -0.130. The van der Waals surface area contributed by atoms with Crippen LogP contribution >= 0.6 is 11.8 Å². The van der Waals surface area contributed by atoms with Crippen LogP contribution in [0.25, 0.3) is 0 Å². The van der Waals surface area contributed by atoms with E-state index in [9.17, 15) is 26.8 Å². The summed E-state index contributed by atoms with van der Waals surface area (Å²) >= 11 is 0.939. The maximum absolute atomic E-state index is 13.3. The fraction of sp³-hybridized carbons (Fsp3) is 0.348. The summed E-state index contributed by atoms with van der Waals surface area (Å²) in [6, 6.07) is 9.34. The molecule has 1 atom stereocenters. The number of anilines is 1. The van der Waals surface area contributed by atoms with Crippen molar-refractivity contribution < 1.29 is 26.8 Å². The number of hydrogen-bond donors (Lipinski definition) is 1. The first-order valence-electron chi connectivity index (χ1n) is 10.9. The largest absolute Gasteiger partial charge is 0.326 e. The normalized spacial score (nSPS) is 20.6. The van der Waals surface area contributed by atoms with Crippen LogP contribution in [0.2, 0.25) is 0 Å². The number of amidine groups is 1. The van der Waals surface area contributed by atoms with E-state index in [2.05, 4.69) is 9.71 Å². The lowest BCUT2D eigenvalue weighted by Crippen LogP contribution is -2.42. The van der Waals surface area contributed by atoms with E-state index in [4.69, 9.17) is 0 Å². The van der Waals surface area contributed by atoms with Crippen molar-refractivity contribution in [1.29, 1.82) is 0 Å². The molecule has 0 unspecified atom stereocenters. The van der Waals surface area contributed by atoms with Crippen LogP contribution in [0.15, 0.2) is 57.8 Å². The lowest BCUT2D eigenvalue weighted by Gasteiger charge is -2.30. The molecule has 1 heterocycles. The molecular formula is C23H23F2N3O4S2. The number of carbonyl (C=O) groups excluding carboxylic acids is 2. The Labute approximate surface area is 200 Å². The molecule has 2 aromatic carbocycles. The molecule has 1 N–H and O–H groups in total. The Morgan fingerprint density at radius 2 is 1.59 bits per heavy atom. The van der Waals surface area contributed by atoms with E-state index in [0.717, 1.165) is 68.1 Å². The van der Waals surface area contributed by atoms with Gasteiger partial charge in [0.15, 0.2) is 5.17 Å². The Bertz CT molecular complexity index is 1200. The minimum absolute atomic E-state index is 0.0285. The standard InChI is InChI=1S/C23H23F2N3O4S2/c24-15-6-10-17(11-7-15)26-21(29)14-20-22(30)28(18-4-2-1-3-5-18)23(33-20)27-34(31,32)19-12-8-16(25)9-13-19/h6-13,18,20H,1-5,14H2,(H,26,29)/t20-/m1/s1. The van der Waals surface area contributed by atoms with Crippen molar-refractivity contribution >= 4 is 44.5 Å². The number of benzene rings is 2. The zero-order valence-electron chi connectivity index (χ0n) is 18.1. The number of amides is 2. The van der Waals surface area contributed by atoms with Crippen LogP contribution in [0.5, 0.6) is 0 Å². The minimum Gasteiger partial charge on any atom is -0.326 e. The van der Waals surface area contributed by atoms with Crippen LogP contribution in [0, 0.1) is 11.6 Å². The summed E-state index contributed by atoms with van der Waals surface area (Å²) in [7, 11) is -4.19. The highest BCUT2D eigenvalue weighted by Crippen LogP contribution is 2.36. The fourth-order valence-electron chi connectivity index (χ4n) is 4.03. The topological polar surface area (TPSA) is 95.9 Å². The molecule has 34 heavy (non-hydrogen) atoms. The first-order valence-corrected chi connectivity index (χ1v) is 13.2. The Hall–Kier alpha value is -2.79. The highest BCUT2D eigenvalue weighted by Gasteiger charge is 2.43. The van der Waals surface area contributed by atoms with Crippen LogP contribution in [0.1, 0.15) is 38.5 Å². The van der Waals surface area contributed by atoms with Crippen LogP contribution in [0.4, 0.5) is 14.5 Å². The molecule has 4 rings (SSSR count). The van der Waals surface area contributed by atoms with Gasteiger partial charge < -0.3 is 5.32 Å². The molecule has 1 aliphatic carbocycles. The molecule has 1 saturated heterocycles. The van der Waals surface area contributed by atoms with Gasteiger partial charge in [-0.1, -0.05) is 31.0 Å². The van der Waals surface area contributed by atoms with E-state index in [-0.39, 0.29) is 28.4 Å². The minimum atomic E-state index is -4.19. The van der Waals surface area contributed by atoms with Gasteiger partial charge in [0.2, 0.25) is 11.8 Å². The van der Waals surface area contributed by atoms with Crippen molar-refractivity contribution in [3.8, 4) is 0 Å². The molecule has 1 saturated carbocycles. The molecule has 11 heteroatoms. The number of carbonyl (C=O) groups is 2. The van der Waals surface area contributed by atoms with E-state index in [1.807, 2.05) is 0 Å². The molecular weight excluding hydrogens is 484 g/mol. The molecule has 180 valence electrons. The predicted molar refractivity (Wildman–Crippen MR) is 126 cm³/mol. The molecule has 2 fully saturated rings. The number of halogens is 2. The summed E-state index contributed by atoms with van der Waals surface area (Å²) in [6.45, 7) is 0. The number of thioether (sulfide) groups is 1. The predicted octanol–water partition coefficient (Wildman–Crippen LogP) is 4.32. The van der Waals surface area contributed by atoms with Gasteiger partial charge in [-0.15, -0.1) is 4.40 Å². The van der Waals surface area contributed by atoms with Crippen molar-refractivity contribution in [3.63, 3.8) is 0 Å². The number of hydrogen-bond acceptors (Lipinski definition) is 5. The summed E-state index contributed by atoms with van der Waals surface area (Å²) in [5, 5.41) is 1.81. The van der Waals surface area contributed by atoms with Gasteiger partial charge in [-0.25, -0.2) is 8.78 Å². The molecule has 0 aromatic heterocycles. The van der Waals surface area contributed by atoms with Crippen molar-refractivity contribution in [2.45, 2.75) is 54.7 Å². The van der Waals surface area contributed by atoms with Gasteiger partial charge in [0.25, 0.3) is 10.0 Å². The van der Waals surface area contributed by atoms with Crippen LogP contribution in [-0.2, 0) is 19.6 Å². The van der Waals surface area contributed by atoms with Gasteiger partial charge in [0.1, 0.15) is 16.9 Å². The first kappa shape index (κ1) is 24.3. The highest BCUT2D eigenvalue weighted by molar-refractivity contribution is 8.16. The Morgan fingerprint density at radius 3 is 2.21 bits per heavy atom. The SMILES string of the molecule is O=C(C[C@H]1SC(=NS(=O)(=O)c2ccc(F)cc2)N(C2CCCCC2)C1=O)Nc1ccc(F)cc1. The number of rotatable bonds is 6. The van der Waals surface area contributed by atoms with Crippen molar-refractivity contribution in [3.05, 3.63) is 60.2 Å². The van der Waals surface area contributed by atoms with Gasteiger partial charge >= 0.3 is 0 Å². The van der Waals surface area contributed by atoms with Gasteiger partial charge in [-0.05, 0) is 61.4 Å². The lowest BCUT2D eigenvalue weighted by atomic mass is 9.94. The third kappa shape index (κ3) is 5.64. The molecule has 2 aromatic rings. The zero-order chi connectivity index (χ0) is 24.3. The number of nitrogens with zero attached hydrogens (tertiary/aromatic N) is 2. The monoisotopic (exact) mass is 507 g/mol. The second-order valence-electron chi connectivity index (χ2n) is 8.17. The zero-order valence-corrected chi connectivity index (χ0v) is 19.7. The maximum Gasteiger partial charge on any atom is 0.284 e. The Kier molecular flexibility index (Phi) is 7.32. The van der Waals surface area contributed by atoms with Crippen molar-refractivity contribution in [2.24, 2.45) is 4.40 Å². The van der Waals surface area contributed by atoms with E-state index in [0.29, 0.717) is 5.69 Å². The van der Waals surface area contributed by atoms with E-state index >= 15 is 0 Å². The van der Waals surface area contributed by atoms with Crippen molar-refractivity contribution in [1.82, 2.24) is 4.90 Å². The third-order valence-corrected chi connectivity index (χ3v) is 8.26. The molecule has 1 aliphatic heterocycles. The summed E-state index contributed by atoms with van der Waals surface area (Å²) in [5.41, 5.74) is 0.388. The first-order chi connectivity index (χ1) is 16.2. The fourth-order valence-corrected chi connectivity index (χ4v) is 6.43. The van der Waals surface area contributed by atoms with Gasteiger partial charge in [0, 0.05) is 18.2 Å². The maximum atomic E-state index is 13.3. The summed E-state index contributed by atoms with van der Waals surface area (Å²) in [4.78, 5) is 27.0. The van der Waals surface area contributed by atoms with E-state index < -0.39 is 32.8 Å². The average Bonchev–Trinajstić information content (AvgIpc) is 3.10. The summed E-state index contributed by atoms with van der Waals surface area (Å²) < 4.78 is 56.0. The number of sulfonamides is 1. The van der Waals surface area contributed by atoms with E-state index in [1.165, 1.54) is 29.2 Å².